The van der Waals surface area contributed by atoms with Gasteiger partial charge in [-0.05, 0) is 12.5 Å². The first-order valence-corrected chi connectivity index (χ1v) is 10.7. The van der Waals surface area contributed by atoms with Crippen LogP contribution in [0.25, 0.3) is 0 Å². The molecular weight excluding hydrogens is 508 g/mol. The molecule has 2 unspecified atom stereocenters. The predicted molar refractivity (Wildman–Crippen MR) is 138 cm³/mol. The molecule has 0 aliphatic carbocycles. The number of benzene rings is 1. The molecule has 0 aliphatic rings. The third-order valence-electron chi connectivity index (χ3n) is 2.55. The maximum atomic E-state index is 10.4. The number of nitrogens with one attached hydrogen (secondary N) is 2. The zero-order valence-electron chi connectivity index (χ0n) is 22.4. The van der Waals surface area contributed by atoms with Crippen molar-refractivity contribution in [1.82, 2.24) is 10.6 Å². The molecule has 0 radical (unpaired) electrons. The van der Waals surface area contributed by atoms with Gasteiger partial charge in [0.15, 0.2) is 0 Å². The van der Waals surface area contributed by atoms with E-state index in [0.29, 0.717) is 13.1 Å². The highest BCUT2D eigenvalue weighted by Gasteiger charge is 2.10. The van der Waals surface area contributed by atoms with Crippen LogP contribution in [0.3, 0.4) is 0 Å². The number of nitrogens with two attached hydrogens (primary N) is 1. The van der Waals surface area contributed by atoms with Gasteiger partial charge in [0.2, 0.25) is 6.08 Å². The number of aliphatic carboxylic acids is 5. The summed E-state index contributed by atoms with van der Waals surface area (Å²) in [4.78, 5) is 59.2. The number of carbonyl (C=O) groups is 5. The Kier molecular flexibility index (Phi) is 37.9. The molecule has 1 rings (SSSR count). The molecule has 218 valence electrons. The third-order valence-corrected chi connectivity index (χ3v) is 2.55. The SMILES string of the molecule is CC(=O)O.CC(=O)O.CC(=O)O.CC(=O)O.CC(=O)O.CC(CNC(N=C=O)c1ccccc1)NCCN. The Bertz CT molecular complexity index is 725. The van der Waals surface area contributed by atoms with Crippen molar-refractivity contribution in [2.75, 3.05) is 19.6 Å². The van der Waals surface area contributed by atoms with Crippen molar-refractivity contribution in [3.05, 3.63) is 35.9 Å². The summed E-state index contributed by atoms with van der Waals surface area (Å²) in [5.74, 6) is -4.17. The second-order valence-corrected chi connectivity index (χ2v) is 6.68. The molecular formula is C23H40N4O11. The van der Waals surface area contributed by atoms with E-state index >= 15 is 0 Å². The minimum atomic E-state index is -0.833. The lowest BCUT2D eigenvalue weighted by atomic mass is 10.1. The van der Waals surface area contributed by atoms with Crippen molar-refractivity contribution < 1.29 is 54.3 Å². The van der Waals surface area contributed by atoms with Crippen molar-refractivity contribution in [3.8, 4) is 0 Å². The molecule has 1 aromatic carbocycles. The van der Waals surface area contributed by atoms with Crippen LogP contribution in [0.15, 0.2) is 35.3 Å². The molecule has 0 fully saturated rings. The lowest BCUT2D eigenvalue weighted by Gasteiger charge is -2.18. The number of hydrogen-bond donors (Lipinski definition) is 8. The second kappa shape index (κ2) is 32.8. The number of hydrogen-bond acceptors (Lipinski definition) is 10. The van der Waals surface area contributed by atoms with Crippen molar-refractivity contribution in [3.63, 3.8) is 0 Å². The second-order valence-electron chi connectivity index (χ2n) is 6.68. The first-order valence-electron chi connectivity index (χ1n) is 10.7. The molecule has 0 amide bonds. The van der Waals surface area contributed by atoms with Crippen LogP contribution in [0.5, 0.6) is 0 Å². The van der Waals surface area contributed by atoms with Gasteiger partial charge in [-0.3, -0.25) is 29.3 Å². The average molecular weight is 549 g/mol. The highest BCUT2D eigenvalue weighted by molar-refractivity contribution is 5.63. The van der Waals surface area contributed by atoms with E-state index in [2.05, 4.69) is 22.5 Å². The first-order chi connectivity index (χ1) is 17.4. The van der Waals surface area contributed by atoms with E-state index in [9.17, 15) is 4.79 Å². The number of rotatable bonds is 8. The summed E-state index contributed by atoms with van der Waals surface area (Å²) in [6.45, 7) is 9.55. The molecule has 0 heterocycles. The molecule has 0 bridgehead atoms. The summed E-state index contributed by atoms with van der Waals surface area (Å²) in [6.07, 6.45) is 1.26. The van der Waals surface area contributed by atoms with E-state index in [-0.39, 0.29) is 12.2 Å². The fourth-order valence-corrected chi connectivity index (χ4v) is 1.62. The van der Waals surface area contributed by atoms with Crippen LogP contribution in [-0.4, -0.2) is 87.1 Å². The molecule has 1 aromatic rings. The van der Waals surface area contributed by atoms with Gasteiger partial charge < -0.3 is 36.6 Å². The quantitative estimate of drug-likeness (QED) is 0.166. The van der Waals surface area contributed by atoms with Gasteiger partial charge in [-0.25, -0.2) is 4.79 Å². The van der Waals surface area contributed by atoms with Gasteiger partial charge >= 0.3 is 0 Å². The number of isocyanates is 1. The highest BCUT2D eigenvalue weighted by Crippen LogP contribution is 2.12. The topological polar surface area (TPSA) is 266 Å². The lowest BCUT2D eigenvalue weighted by molar-refractivity contribution is -0.135. The summed E-state index contributed by atoms with van der Waals surface area (Å²) in [6, 6.07) is 9.88. The van der Waals surface area contributed by atoms with Crippen LogP contribution < -0.4 is 16.4 Å². The van der Waals surface area contributed by atoms with Gasteiger partial charge in [0, 0.05) is 60.3 Å². The molecule has 0 aliphatic heterocycles. The van der Waals surface area contributed by atoms with Gasteiger partial charge in [-0.2, -0.15) is 4.99 Å². The van der Waals surface area contributed by atoms with E-state index in [0.717, 1.165) is 46.7 Å². The maximum absolute atomic E-state index is 10.4. The van der Waals surface area contributed by atoms with E-state index in [1.807, 2.05) is 30.3 Å². The Balaban J connectivity index is -0.000000148. The van der Waals surface area contributed by atoms with Crippen LogP contribution in [0, 0.1) is 0 Å². The molecule has 0 spiro atoms. The summed E-state index contributed by atoms with van der Waals surface area (Å²) >= 11 is 0. The molecule has 0 aromatic heterocycles. The minimum absolute atomic E-state index is 0.265. The average Bonchev–Trinajstić information content (AvgIpc) is 2.74. The van der Waals surface area contributed by atoms with Crippen molar-refractivity contribution in [2.24, 2.45) is 10.7 Å². The Morgan fingerprint density at radius 2 is 1.13 bits per heavy atom. The van der Waals surface area contributed by atoms with E-state index < -0.39 is 29.8 Å². The normalized spacial score (nSPS) is 9.76. The van der Waals surface area contributed by atoms with Gasteiger partial charge in [-0.15, -0.1) is 0 Å². The zero-order valence-corrected chi connectivity index (χ0v) is 22.4. The fraction of sp³-hybridized carbons (Fsp3) is 0.478. The molecule has 15 nitrogen and oxygen atoms in total. The Morgan fingerprint density at radius 1 is 0.789 bits per heavy atom. The fourth-order valence-electron chi connectivity index (χ4n) is 1.62. The Morgan fingerprint density at radius 3 is 1.42 bits per heavy atom. The Hall–Kier alpha value is -4.17. The summed E-state index contributed by atoms with van der Waals surface area (Å²) in [7, 11) is 0. The molecule has 15 heteroatoms. The van der Waals surface area contributed by atoms with Crippen LogP contribution in [0.4, 0.5) is 0 Å². The molecule has 2 atom stereocenters. The summed E-state index contributed by atoms with van der Waals surface area (Å²) in [5.41, 5.74) is 6.37. The van der Waals surface area contributed by atoms with E-state index in [4.69, 9.17) is 55.2 Å². The number of aliphatic imine (C=N–C) groups is 1. The van der Waals surface area contributed by atoms with Gasteiger partial charge in [0.1, 0.15) is 6.17 Å². The van der Waals surface area contributed by atoms with Gasteiger partial charge in [0.25, 0.3) is 29.8 Å². The van der Waals surface area contributed by atoms with Crippen LogP contribution in [0.2, 0.25) is 0 Å². The van der Waals surface area contributed by atoms with Crippen LogP contribution >= 0.6 is 0 Å². The number of carboxylic acid groups (broad SMARTS) is 5. The lowest BCUT2D eigenvalue weighted by Crippen LogP contribution is -2.39. The maximum Gasteiger partial charge on any atom is 0.300 e. The third kappa shape index (κ3) is 76.9. The van der Waals surface area contributed by atoms with E-state index in [1.54, 1.807) is 6.08 Å². The monoisotopic (exact) mass is 548 g/mol. The highest BCUT2D eigenvalue weighted by atomic mass is 16.4. The molecule has 38 heavy (non-hydrogen) atoms. The number of carboxylic acids is 5. The summed E-state index contributed by atoms with van der Waals surface area (Å²) in [5, 5.41) is 43.5. The molecule has 0 saturated carbocycles. The molecule has 9 N–H and O–H groups in total. The van der Waals surface area contributed by atoms with Crippen LogP contribution in [0.1, 0.15) is 53.3 Å². The molecule has 0 saturated heterocycles. The zero-order chi connectivity index (χ0) is 31.1. The van der Waals surface area contributed by atoms with Gasteiger partial charge in [0.05, 0.1) is 0 Å². The Labute approximate surface area is 221 Å². The largest absolute Gasteiger partial charge is 0.481 e. The van der Waals surface area contributed by atoms with E-state index in [1.165, 1.54) is 0 Å². The van der Waals surface area contributed by atoms with Crippen LogP contribution in [-0.2, 0) is 28.8 Å². The minimum Gasteiger partial charge on any atom is -0.481 e. The van der Waals surface area contributed by atoms with Crippen molar-refractivity contribution in [1.29, 1.82) is 0 Å². The van der Waals surface area contributed by atoms with Crippen molar-refractivity contribution in [2.45, 2.75) is 53.8 Å². The first kappa shape index (κ1) is 43.9. The standard InChI is InChI=1S/C13H20N4O.5C2H4O2/c1-11(15-8-7-14)9-16-13(17-10-18)12-5-3-2-4-6-12;5*1-2(3)4/h2-6,11,13,15-16H,7-9,14H2,1H3;5*1H3,(H,3,4). The number of carbonyl (C=O) groups excluding carboxylic acids is 1. The predicted octanol–water partition coefficient (Wildman–Crippen LogP) is 1.00. The van der Waals surface area contributed by atoms with Gasteiger partial charge in [-0.1, -0.05) is 30.3 Å². The summed E-state index contributed by atoms with van der Waals surface area (Å²) < 4.78 is 0. The smallest absolute Gasteiger partial charge is 0.300 e. The number of nitrogens with zero attached hydrogens (tertiary/aromatic N) is 1. The van der Waals surface area contributed by atoms with Crippen molar-refractivity contribution >= 4 is 35.9 Å².